The number of carbonyl (C=O) groups is 1. The minimum absolute atomic E-state index is 0.0263. The molecule has 0 unspecified atom stereocenters. The van der Waals surface area contributed by atoms with E-state index < -0.39 is 16.6 Å². The Morgan fingerprint density at radius 3 is 2.70 bits per heavy atom. The van der Waals surface area contributed by atoms with Gasteiger partial charge in [-0.05, 0) is 45.1 Å². The van der Waals surface area contributed by atoms with Crippen LogP contribution in [0.3, 0.4) is 0 Å². The first-order chi connectivity index (χ1) is 9.47. The molecule has 0 radical (unpaired) electrons. The highest BCUT2D eigenvalue weighted by molar-refractivity contribution is 5.98. The van der Waals surface area contributed by atoms with Crippen LogP contribution in [-0.4, -0.2) is 41.9 Å². The van der Waals surface area contributed by atoms with Crippen molar-refractivity contribution in [3.63, 3.8) is 0 Å². The van der Waals surface area contributed by atoms with Gasteiger partial charge >= 0.3 is 0 Å². The Morgan fingerprint density at radius 2 is 2.10 bits per heavy atom. The average Bonchev–Trinajstić information content (AvgIpc) is 2.41. The van der Waals surface area contributed by atoms with Gasteiger partial charge in [-0.1, -0.05) is 0 Å². The summed E-state index contributed by atoms with van der Waals surface area (Å²) in [6.45, 7) is 1.71. The fourth-order valence-corrected chi connectivity index (χ4v) is 2.27. The smallest absolute Gasteiger partial charge is 0.282 e. The lowest BCUT2D eigenvalue weighted by atomic mass is 10.0. The van der Waals surface area contributed by atoms with E-state index in [-0.39, 0.29) is 17.3 Å². The van der Waals surface area contributed by atoms with Gasteiger partial charge in [-0.25, -0.2) is 4.39 Å². The van der Waals surface area contributed by atoms with Gasteiger partial charge in [0, 0.05) is 12.1 Å². The number of hydrogen-bond donors (Lipinski definition) is 1. The number of halogens is 1. The maximum Gasteiger partial charge on any atom is 0.282 e. The molecule has 1 aliphatic rings. The standard InChI is InChI=1S/C13H16FN3O3/c1-16-6-4-10(5-7-16)15-13(18)11-8-9(14)2-3-12(11)17(19)20/h2-3,8,10H,4-7H2,1H3,(H,15,18). The second-order valence-corrected chi connectivity index (χ2v) is 4.97. The Morgan fingerprint density at radius 1 is 1.45 bits per heavy atom. The summed E-state index contributed by atoms with van der Waals surface area (Å²) in [5, 5.41) is 13.6. The molecule has 6 nitrogen and oxygen atoms in total. The summed E-state index contributed by atoms with van der Waals surface area (Å²) in [7, 11) is 2.00. The van der Waals surface area contributed by atoms with Crippen LogP contribution in [0.5, 0.6) is 0 Å². The number of benzene rings is 1. The van der Waals surface area contributed by atoms with Crippen LogP contribution in [0.25, 0.3) is 0 Å². The van der Waals surface area contributed by atoms with Crippen molar-refractivity contribution < 1.29 is 14.1 Å². The molecular formula is C13H16FN3O3. The van der Waals surface area contributed by atoms with Crippen molar-refractivity contribution in [2.45, 2.75) is 18.9 Å². The van der Waals surface area contributed by atoms with Crippen LogP contribution in [0, 0.1) is 15.9 Å². The Bertz CT molecular complexity index is 528. The molecule has 0 saturated carbocycles. The number of amides is 1. The van der Waals surface area contributed by atoms with Crippen molar-refractivity contribution in [3.8, 4) is 0 Å². The lowest BCUT2D eigenvalue weighted by Gasteiger charge is -2.29. The van der Waals surface area contributed by atoms with Crippen LogP contribution in [-0.2, 0) is 0 Å². The SMILES string of the molecule is CN1CCC(NC(=O)c2cc(F)ccc2[N+](=O)[O-])CC1. The number of carbonyl (C=O) groups excluding carboxylic acids is 1. The maximum absolute atomic E-state index is 13.2. The fourth-order valence-electron chi connectivity index (χ4n) is 2.27. The predicted octanol–water partition coefficient (Wildman–Crippen LogP) is 1.56. The molecular weight excluding hydrogens is 265 g/mol. The van der Waals surface area contributed by atoms with Crippen molar-refractivity contribution in [2.24, 2.45) is 0 Å². The molecule has 108 valence electrons. The topological polar surface area (TPSA) is 75.5 Å². The van der Waals surface area contributed by atoms with Crippen LogP contribution in [0.15, 0.2) is 18.2 Å². The molecule has 1 fully saturated rings. The van der Waals surface area contributed by atoms with Crippen molar-refractivity contribution in [1.82, 2.24) is 10.2 Å². The molecule has 0 aliphatic carbocycles. The van der Waals surface area contributed by atoms with Crippen LogP contribution in [0.1, 0.15) is 23.2 Å². The highest BCUT2D eigenvalue weighted by Crippen LogP contribution is 2.20. The van der Waals surface area contributed by atoms with E-state index in [0.717, 1.165) is 44.1 Å². The number of nitro benzene ring substituents is 1. The van der Waals surface area contributed by atoms with Gasteiger partial charge in [-0.3, -0.25) is 14.9 Å². The largest absolute Gasteiger partial charge is 0.349 e. The highest BCUT2D eigenvalue weighted by atomic mass is 19.1. The fraction of sp³-hybridized carbons (Fsp3) is 0.462. The number of hydrogen-bond acceptors (Lipinski definition) is 4. The average molecular weight is 281 g/mol. The number of rotatable bonds is 3. The van der Waals surface area contributed by atoms with E-state index in [9.17, 15) is 19.3 Å². The lowest BCUT2D eigenvalue weighted by Crippen LogP contribution is -2.43. The van der Waals surface area contributed by atoms with Crippen molar-refractivity contribution in [1.29, 1.82) is 0 Å². The number of nitrogens with zero attached hydrogens (tertiary/aromatic N) is 2. The summed E-state index contributed by atoms with van der Waals surface area (Å²) in [4.78, 5) is 24.4. The highest BCUT2D eigenvalue weighted by Gasteiger charge is 2.24. The van der Waals surface area contributed by atoms with Crippen molar-refractivity contribution >= 4 is 11.6 Å². The third kappa shape index (κ3) is 3.30. The summed E-state index contributed by atoms with van der Waals surface area (Å²) in [6, 6.07) is 2.87. The molecule has 0 spiro atoms. The molecule has 0 atom stereocenters. The van der Waals surface area contributed by atoms with Gasteiger partial charge in [0.05, 0.1) is 4.92 Å². The number of nitrogens with one attached hydrogen (secondary N) is 1. The molecule has 1 saturated heterocycles. The first-order valence-electron chi connectivity index (χ1n) is 6.40. The molecule has 0 aromatic heterocycles. The summed E-state index contributed by atoms with van der Waals surface area (Å²) < 4.78 is 13.2. The lowest BCUT2D eigenvalue weighted by molar-refractivity contribution is -0.385. The van der Waals surface area contributed by atoms with Crippen LogP contribution < -0.4 is 5.32 Å². The zero-order chi connectivity index (χ0) is 14.7. The second-order valence-electron chi connectivity index (χ2n) is 4.97. The summed E-state index contributed by atoms with van der Waals surface area (Å²) in [5.41, 5.74) is -0.606. The van der Waals surface area contributed by atoms with E-state index in [4.69, 9.17) is 0 Å². The normalized spacial score (nSPS) is 16.9. The molecule has 1 aromatic carbocycles. The molecule has 1 aliphatic heterocycles. The van der Waals surface area contributed by atoms with Crippen LogP contribution in [0.4, 0.5) is 10.1 Å². The quantitative estimate of drug-likeness (QED) is 0.674. The van der Waals surface area contributed by atoms with Gasteiger partial charge in [0.1, 0.15) is 11.4 Å². The van der Waals surface area contributed by atoms with E-state index in [1.165, 1.54) is 0 Å². The van der Waals surface area contributed by atoms with E-state index in [1.54, 1.807) is 0 Å². The van der Waals surface area contributed by atoms with Crippen LogP contribution in [0.2, 0.25) is 0 Å². The maximum atomic E-state index is 13.2. The Hall–Kier alpha value is -2.02. The van der Waals surface area contributed by atoms with Gasteiger partial charge in [0.15, 0.2) is 0 Å². The molecule has 1 heterocycles. The Labute approximate surface area is 115 Å². The first-order valence-corrected chi connectivity index (χ1v) is 6.40. The third-order valence-electron chi connectivity index (χ3n) is 3.45. The first kappa shape index (κ1) is 14.4. The Kier molecular flexibility index (Phi) is 4.29. The molecule has 0 bridgehead atoms. The summed E-state index contributed by atoms with van der Waals surface area (Å²) in [6.07, 6.45) is 1.57. The third-order valence-corrected chi connectivity index (χ3v) is 3.45. The van der Waals surface area contributed by atoms with Crippen molar-refractivity contribution in [2.75, 3.05) is 20.1 Å². The van der Waals surface area contributed by atoms with Crippen molar-refractivity contribution in [3.05, 3.63) is 39.7 Å². The van der Waals surface area contributed by atoms with E-state index in [1.807, 2.05) is 7.05 Å². The molecule has 20 heavy (non-hydrogen) atoms. The molecule has 7 heteroatoms. The zero-order valence-corrected chi connectivity index (χ0v) is 11.1. The van der Waals surface area contributed by atoms with Gasteiger partial charge in [-0.15, -0.1) is 0 Å². The summed E-state index contributed by atoms with van der Waals surface area (Å²) >= 11 is 0. The molecule has 1 N–H and O–H groups in total. The van der Waals surface area contributed by atoms with Gasteiger partial charge in [-0.2, -0.15) is 0 Å². The van der Waals surface area contributed by atoms with E-state index in [0.29, 0.717) is 0 Å². The van der Waals surface area contributed by atoms with Gasteiger partial charge in [0.2, 0.25) is 0 Å². The van der Waals surface area contributed by atoms with Gasteiger partial charge < -0.3 is 10.2 Å². The van der Waals surface area contributed by atoms with Crippen LogP contribution >= 0.6 is 0 Å². The van der Waals surface area contributed by atoms with Gasteiger partial charge in [0.25, 0.3) is 11.6 Å². The number of piperidine rings is 1. The molecule has 2 rings (SSSR count). The number of nitro groups is 1. The molecule has 1 aromatic rings. The molecule has 1 amide bonds. The second kappa shape index (κ2) is 5.96. The zero-order valence-electron chi connectivity index (χ0n) is 11.1. The minimum atomic E-state index is -0.678. The predicted molar refractivity (Wildman–Crippen MR) is 71.0 cm³/mol. The monoisotopic (exact) mass is 281 g/mol. The van der Waals surface area contributed by atoms with E-state index >= 15 is 0 Å². The minimum Gasteiger partial charge on any atom is -0.349 e. The number of likely N-dealkylation sites (tertiary alicyclic amines) is 1. The summed E-state index contributed by atoms with van der Waals surface area (Å²) in [5.74, 6) is -1.25. The van der Waals surface area contributed by atoms with E-state index in [2.05, 4.69) is 10.2 Å². The Balaban J connectivity index is 2.12.